The first-order valence-corrected chi connectivity index (χ1v) is 21.3. The molecule has 56 heavy (non-hydrogen) atoms. The molecule has 0 aliphatic carbocycles. The largest absolute Gasteiger partial charge is 0.370 e. The number of hydrogen-bond acceptors (Lipinski definition) is 8. The van der Waals surface area contributed by atoms with Crippen LogP contribution in [0.3, 0.4) is 0 Å². The van der Waals surface area contributed by atoms with Gasteiger partial charge in [-0.1, -0.05) is 25.7 Å². The number of ketones is 1. The molecule has 0 aromatic carbocycles. The summed E-state index contributed by atoms with van der Waals surface area (Å²) in [6.07, 6.45) is 17.3. The van der Waals surface area contributed by atoms with Crippen molar-refractivity contribution in [1.29, 1.82) is 0 Å². The summed E-state index contributed by atoms with van der Waals surface area (Å²) in [6.45, 7) is 9.33. The number of hydrogen-bond donors (Lipinski definition) is 7. The summed E-state index contributed by atoms with van der Waals surface area (Å²) < 4.78 is 0. The zero-order valence-electron chi connectivity index (χ0n) is 35.1. The van der Waals surface area contributed by atoms with Crippen molar-refractivity contribution in [3.05, 3.63) is 0 Å². The number of unbranched alkanes of at least 4 members (excludes halogenated alkanes) is 10. The van der Waals surface area contributed by atoms with Crippen LogP contribution in [0.4, 0.5) is 0 Å². The van der Waals surface area contributed by atoms with Gasteiger partial charge in [0.05, 0.1) is 0 Å². The fourth-order valence-corrected chi connectivity index (χ4v) is 5.43. The third kappa shape index (κ3) is 44.4. The predicted octanol–water partition coefficient (Wildman–Crippen LogP) is 4.15. The minimum atomic E-state index is -0.326. The fourth-order valence-electron chi connectivity index (χ4n) is 5.43. The van der Waals surface area contributed by atoms with Gasteiger partial charge in [0.25, 0.3) is 0 Å². The molecule has 0 rings (SSSR count). The van der Waals surface area contributed by atoms with Crippen LogP contribution in [0.5, 0.6) is 0 Å². The number of Topliss-reactive ketones (excluding diaryl/α,β-unsaturated/α-hetero) is 1. The normalized spacial score (nSPS) is 10.3. The Balaban J connectivity index is 0. The van der Waals surface area contributed by atoms with Gasteiger partial charge in [-0.3, -0.25) is 33.6 Å². The Morgan fingerprint density at radius 2 is 0.554 bits per heavy atom. The molecule has 0 aliphatic heterocycles. The van der Waals surface area contributed by atoms with Crippen LogP contribution in [0.25, 0.3) is 0 Å². The van der Waals surface area contributed by atoms with Crippen molar-refractivity contribution in [2.24, 2.45) is 5.73 Å². The molecular weight excluding hydrogens is 718 g/mol. The summed E-state index contributed by atoms with van der Waals surface area (Å²) in [5.74, 6) is 0.106. The van der Waals surface area contributed by atoms with E-state index in [1.165, 1.54) is 0 Å². The smallest absolute Gasteiger partial charge is 0.219 e. The average molecular weight is 796 g/mol. The molecule has 0 spiro atoms. The Kier molecular flexibility index (Phi) is 39.2. The van der Waals surface area contributed by atoms with Gasteiger partial charge in [-0.25, -0.2) is 0 Å². The summed E-state index contributed by atoms with van der Waals surface area (Å²) >= 11 is 0. The van der Waals surface area contributed by atoms with Gasteiger partial charge in [-0.05, 0) is 97.8 Å². The Morgan fingerprint density at radius 1 is 0.321 bits per heavy atom. The highest BCUT2D eigenvalue weighted by atomic mass is 16.2. The maximum absolute atomic E-state index is 11.7. The van der Waals surface area contributed by atoms with E-state index in [0.717, 1.165) is 89.9 Å². The second kappa shape index (κ2) is 40.6. The first kappa shape index (κ1) is 54.1. The van der Waals surface area contributed by atoms with Crippen LogP contribution in [0.15, 0.2) is 0 Å². The van der Waals surface area contributed by atoms with Crippen LogP contribution in [0.2, 0.25) is 0 Å². The summed E-state index contributed by atoms with van der Waals surface area (Å²) in [4.78, 5) is 90.5. The molecule has 0 fully saturated rings. The lowest BCUT2D eigenvalue weighted by Gasteiger charge is -2.07. The lowest BCUT2D eigenvalue weighted by Crippen LogP contribution is -2.25. The lowest BCUT2D eigenvalue weighted by molar-refractivity contribution is -0.123. The predicted molar refractivity (Wildman–Crippen MR) is 220 cm³/mol. The van der Waals surface area contributed by atoms with Crippen LogP contribution in [0, 0.1) is 0 Å². The van der Waals surface area contributed by atoms with E-state index in [9.17, 15) is 38.4 Å². The second-order valence-electron chi connectivity index (χ2n) is 14.1. The van der Waals surface area contributed by atoms with Gasteiger partial charge < -0.3 is 42.4 Å². The van der Waals surface area contributed by atoms with Crippen molar-refractivity contribution in [3.63, 3.8) is 0 Å². The summed E-state index contributed by atoms with van der Waals surface area (Å²) in [7, 11) is 0. The van der Waals surface area contributed by atoms with E-state index in [1.54, 1.807) is 6.92 Å². The number of nitrogens with one attached hydrogen (secondary N) is 6. The molecule has 15 heteroatoms. The maximum Gasteiger partial charge on any atom is 0.219 e. The minimum absolute atomic E-state index is 0.0175. The van der Waals surface area contributed by atoms with Crippen molar-refractivity contribution >= 4 is 47.1 Å². The average Bonchev–Trinajstić information content (AvgIpc) is 3.14. The van der Waals surface area contributed by atoms with Gasteiger partial charge >= 0.3 is 0 Å². The fraction of sp³-hybridized carbons (Fsp3) is 0.805. The molecule has 0 saturated heterocycles. The molecule has 0 bridgehead atoms. The van der Waals surface area contributed by atoms with Gasteiger partial charge in [-0.2, -0.15) is 0 Å². The topological polar surface area (TPSA) is 235 Å². The third-order valence-electron chi connectivity index (χ3n) is 8.62. The summed E-state index contributed by atoms with van der Waals surface area (Å²) in [6, 6.07) is 0. The highest BCUT2D eigenvalue weighted by molar-refractivity contribution is 5.78. The van der Waals surface area contributed by atoms with Gasteiger partial charge in [0, 0.05) is 90.6 Å². The van der Waals surface area contributed by atoms with Crippen molar-refractivity contribution in [1.82, 2.24) is 31.9 Å². The number of amides is 7. The third-order valence-corrected chi connectivity index (χ3v) is 8.62. The summed E-state index contributed by atoms with van der Waals surface area (Å²) in [5, 5.41) is 17.1. The Labute approximate surface area is 336 Å². The molecule has 0 radical (unpaired) electrons. The van der Waals surface area contributed by atoms with E-state index in [0.29, 0.717) is 103 Å². The quantitative estimate of drug-likeness (QED) is 0.0454. The molecular formula is C41H77N7O8. The summed E-state index contributed by atoms with van der Waals surface area (Å²) in [5.41, 5.74) is 5.04. The molecule has 8 N–H and O–H groups in total. The van der Waals surface area contributed by atoms with E-state index in [2.05, 4.69) is 31.9 Å². The van der Waals surface area contributed by atoms with Gasteiger partial charge in [0.1, 0.15) is 5.78 Å². The minimum Gasteiger partial charge on any atom is -0.370 e. The number of primary amides is 1. The van der Waals surface area contributed by atoms with Gasteiger partial charge in [0.15, 0.2) is 0 Å². The maximum atomic E-state index is 11.7. The van der Waals surface area contributed by atoms with Crippen molar-refractivity contribution < 1.29 is 38.4 Å². The van der Waals surface area contributed by atoms with E-state index >= 15 is 0 Å². The molecule has 0 aromatic heterocycles. The zero-order valence-corrected chi connectivity index (χ0v) is 35.1. The molecule has 324 valence electrons. The van der Waals surface area contributed by atoms with E-state index in [1.807, 2.05) is 13.8 Å². The Bertz CT molecular complexity index is 1020. The van der Waals surface area contributed by atoms with E-state index < -0.39 is 0 Å². The highest BCUT2D eigenvalue weighted by Crippen LogP contribution is 2.04. The molecule has 0 aromatic rings. The van der Waals surface area contributed by atoms with E-state index in [-0.39, 0.29) is 47.1 Å². The van der Waals surface area contributed by atoms with Gasteiger partial charge in [-0.15, -0.1) is 0 Å². The number of rotatable bonds is 36. The van der Waals surface area contributed by atoms with Crippen molar-refractivity contribution in [2.75, 3.05) is 39.3 Å². The van der Waals surface area contributed by atoms with Crippen LogP contribution >= 0.6 is 0 Å². The Hall–Kier alpha value is -4.04. The van der Waals surface area contributed by atoms with Crippen LogP contribution in [-0.4, -0.2) is 86.4 Å². The second-order valence-corrected chi connectivity index (χ2v) is 14.1. The van der Waals surface area contributed by atoms with Crippen molar-refractivity contribution in [2.45, 2.75) is 175 Å². The van der Waals surface area contributed by atoms with Crippen LogP contribution < -0.4 is 37.6 Å². The van der Waals surface area contributed by atoms with Gasteiger partial charge in [0.2, 0.25) is 41.4 Å². The molecule has 0 atom stereocenters. The first-order chi connectivity index (χ1) is 26.9. The first-order valence-electron chi connectivity index (χ1n) is 21.3. The van der Waals surface area contributed by atoms with Crippen LogP contribution in [0.1, 0.15) is 175 Å². The number of carbonyl (C=O) groups is 8. The molecule has 15 nitrogen and oxygen atoms in total. The Morgan fingerprint density at radius 3 is 0.786 bits per heavy atom. The lowest BCUT2D eigenvalue weighted by atomic mass is 10.1. The molecule has 0 heterocycles. The molecule has 0 unspecified atom stereocenters. The van der Waals surface area contributed by atoms with Crippen molar-refractivity contribution in [3.8, 4) is 0 Å². The van der Waals surface area contributed by atoms with E-state index in [4.69, 9.17) is 5.73 Å². The van der Waals surface area contributed by atoms with Crippen LogP contribution in [-0.2, 0) is 38.4 Å². The number of nitrogens with two attached hydrogens (primary N) is 1. The molecule has 7 amide bonds. The standard InChI is InChI=1S/C21H39N3O4.C20H38N4O4/c1-3-22-19(26)13-8-9-15-21(28)24-17-11-5-4-10-16-23-20(27)14-7-6-12-18(2)25;1-2-22-18(26)12-7-8-14-20(28)24-16-10-4-3-9-15-23-19(27)13-6-5-11-17(21)25/h3-17H2,1-2H3,(H,22,26)(H,23,27)(H,24,28);2-16H2,1H3,(H2,21,25)(H,22,26)(H,23,27)(H,24,28). The molecule has 0 saturated carbocycles. The zero-order chi connectivity index (χ0) is 42.1. The monoisotopic (exact) mass is 796 g/mol. The highest BCUT2D eigenvalue weighted by Gasteiger charge is 2.06. The number of carbonyl (C=O) groups excluding carboxylic acids is 8. The SMILES string of the molecule is CCNC(=O)CCCCC(=O)NCCCCCCNC(=O)CCCCC(C)=O.CCNC(=O)CCCCC(=O)NCCCCCCNC(=O)CCCCC(N)=O. The molecule has 0 aliphatic rings.